The van der Waals surface area contributed by atoms with E-state index in [1.807, 2.05) is 0 Å². The van der Waals surface area contributed by atoms with Gasteiger partial charge in [-0.05, 0) is 29.7 Å². The first-order valence-corrected chi connectivity index (χ1v) is 17.4. The molecule has 0 radical (unpaired) electrons. The summed E-state index contributed by atoms with van der Waals surface area (Å²) in [6, 6.07) is 5.78. The van der Waals surface area contributed by atoms with Crippen LogP contribution in [0.15, 0.2) is 54.6 Å². The van der Waals surface area contributed by atoms with E-state index in [2.05, 4.69) is 51.8 Å². The standard InChI is InChI=1S/C33H44N8O10S2/c34-20(15-52)28(45)38-22(13-18-6-8-19(42)9-7-18)31(48)39-23(12-17-4-2-1-3-5-17)30(47)37-21(10-11-26(35)43)29(46)40-24(14-27(36)44)32(49)41-25(16-53)33(50)51/h1-9,20-25,42,52-53H,10-16,34H2,(H2,35,43)(H2,36,44)(H,37,47)(H,38,45)(H,39,48)(H,40,46)(H,41,49)(H,50,51)/t20-,21-,22-,23-,24-,25-/m0/s1. The molecule has 0 spiro atoms. The first kappa shape index (κ1) is 43.8. The van der Waals surface area contributed by atoms with Crippen molar-refractivity contribution in [2.45, 2.75) is 68.4 Å². The van der Waals surface area contributed by atoms with Crippen molar-refractivity contribution in [3.8, 4) is 5.75 Å². The molecule has 2 rings (SSSR count). The van der Waals surface area contributed by atoms with E-state index in [0.717, 1.165) is 0 Å². The van der Waals surface area contributed by atoms with Gasteiger partial charge in [0.15, 0.2) is 0 Å². The van der Waals surface area contributed by atoms with Crippen LogP contribution in [0.4, 0.5) is 0 Å². The predicted molar refractivity (Wildman–Crippen MR) is 197 cm³/mol. The molecule has 0 aliphatic heterocycles. The van der Waals surface area contributed by atoms with E-state index in [1.54, 1.807) is 30.3 Å². The number of nitrogens with two attached hydrogens (primary N) is 3. The Balaban J connectivity index is 2.43. The Bertz CT molecular complexity index is 1620. The highest BCUT2D eigenvalue weighted by atomic mass is 32.1. The molecule has 6 atom stereocenters. The molecule has 288 valence electrons. The van der Waals surface area contributed by atoms with Crippen LogP contribution in [0.25, 0.3) is 0 Å². The van der Waals surface area contributed by atoms with E-state index < -0.39 is 96.4 Å². The number of thiol groups is 2. The molecule has 18 nitrogen and oxygen atoms in total. The van der Waals surface area contributed by atoms with Crippen LogP contribution in [-0.4, -0.2) is 105 Å². The monoisotopic (exact) mass is 776 g/mol. The number of hydrogen-bond acceptors (Lipinski definition) is 12. The van der Waals surface area contributed by atoms with Gasteiger partial charge in [-0.15, -0.1) is 0 Å². The second kappa shape index (κ2) is 21.9. The number of amides is 7. The lowest BCUT2D eigenvalue weighted by Crippen LogP contribution is -2.60. The summed E-state index contributed by atoms with van der Waals surface area (Å²) >= 11 is 7.90. The van der Waals surface area contributed by atoms with Crippen LogP contribution in [-0.2, 0) is 51.2 Å². The summed E-state index contributed by atoms with van der Waals surface area (Å²) in [6.07, 6.45) is -1.77. The molecule has 0 aliphatic rings. The van der Waals surface area contributed by atoms with Gasteiger partial charge in [-0.1, -0.05) is 42.5 Å². The Hall–Kier alpha value is -5.34. The summed E-state index contributed by atoms with van der Waals surface area (Å²) in [5.74, 6) is -8.32. The number of hydrogen-bond donors (Lipinski definition) is 12. The third-order valence-corrected chi connectivity index (χ3v) is 8.36. The van der Waals surface area contributed by atoms with Gasteiger partial charge in [0.05, 0.1) is 12.5 Å². The summed E-state index contributed by atoms with van der Waals surface area (Å²) < 4.78 is 0. The molecule has 13 N–H and O–H groups in total. The third kappa shape index (κ3) is 15.4. The lowest BCUT2D eigenvalue weighted by molar-refractivity contribution is -0.141. The number of benzene rings is 2. The molecule has 0 bridgehead atoms. The number of phenolic OH excluding ortho intramolecular Hbond substituents is 1. The number of carboxylic acid groups (broad SMARTS) is 1. The number of rotatable bonds is 22. The number of primary amides is 2. The molecule has 0 aromatic heterocycles. The van der Waals surface area contributed by atoms with Gasteiger partial charge in [0, 0.05) is 30.8 Å². The van der Waals surface area contributed by atoms with Crippen molar-refractivity contribution < 1.29 is 48.6 Å². The number of phenols is 1. The van der Waals surface area contributed by atoms with Gasteiger partial charge in [-0.2, -0.15) is 25.3 Å². The zero-order valence-corrected chi connectivity index (χ0v) is 30.2. The van der Waals surface area contributed by atoms with Crippen LogP contribution < -0.4 is 43.8 Å². The molecule has 0 unspecified atom stereocenters. The molecule has 20 heteroatoms. The fourth-order valence-corrected chi connectivity index (χ4v) is 5.15. The lowest BCUT2D eigenvalue weighted by Gasteiger charge is -2.27. The van der Waals surface area contributed by atoms with Crippen molar-refractivity contribution in [1.29, 1.82) is 0 Å². The fraction of sp³-hybridized carbons (Fsp3) is 0.394. The molecule has 7 amide bonds. The number of carbonyl (C=O) groups is 8. The van der Waals surface area contributed by atoms with Gasteiger partial charge in [-0.3, -0.25) is 33.6 Å². The highest BCUT2D eigenvalue weighted by Crippen LogP contribution is 2.13. The van der Waals surface area contributed by atoms with Crippen LogP contribution in [0.3, 0.4) is 0 Å². The van der Waals surface area contributed by atoms with E-state index in [1.165, 1.54) is 24.3 Å². The minimum atomic E-state index is -1.69. The van der Waals surface area contributed by atoms with Gasteiger partial charge in [0.25, 0.3) is 0 Å². The molecule has 53 heavy (non-hydrogen) atoms. The minimum Gasteiger partial charge on any atom is -0.508 e. The zero-order chi connectivity index (χ0) is 39.7. The maximum absolute atomic E-state index is 13.9. The number of aromatic hydroxyl groups is 1. The predicted octanol–water partition coefficient (Wildman–Crippen LogP) is -2.99. The Morgan fingerprint density at radius 1 is 0.585 bits per heavy atom. The molecule has 0 saturated carbocycles. The zero-order valence-electron chi connectivity index (χ0n) is 28.4. The van der Waals surface area contributed by atoms with E-state index in [4.69, 9.17) is 17.2 Å². The van der Waals surface area contributed by atoms with Crippen molar-refractivity contribution in [2.24, 2.45) is 17.2 Å². The van der Waals surface area contributed by atoms with Crippen molar-refractivity contribution in [2.75, 3.05) is 11.5 Å². The van der Waals surface area contributed by atoms with Gasteiger partial charge in [0.1, 0.15) is 36.0 Å². The van der Waals surface area contributed by atoms with Crippen molar-refractivity contribution in [3.63, 3.8) is 0 Å². The van der Waals surface area contributed by atoms with Gasteiger partial charge < -0.3 is 54.0 Å². The Morgan fingerprint density at radius 2 is 1.04 bits per heavy atom. The second-order valence-corrected chi connectivity index (χ2v) is 12.6. The smallest absolute Gasteiger partial charge is 0.327 e. The SMILES string of the molecule is NC(=O)CC[C@H](NC(=O)[C@H](Cc1ccccc1)NC(=O)[C@H](Cc1ccc(O)cc1)NC(=O)[C@@H](N)CS)C(=O)N[C@@H](CC(N)=O)C(=O)N[C@@H](CS)C(=O)O. The Labute approximate surface area is 315 Å². The molecule has 0 fully saturated rings. The summed E-state index contributed by atoms with van der Waals surface area (Å²) in [7, 11) is 0. The molecule has 2 aromatic carbocycles. The highest BCUT2D eigenvalue weighted by Gasteiger charge is 2.33. The molecule has 0 aliphatic carbocycles. The van der Waals surface area contributed by atoms with Crippen LogP contribution >= 0.6 is 25.3 Å². The number of aliphatic carboxylic acids is 1. The average molecular weight is 777 g/mol. The average Bonchev–Trinajstić information content (AvgIpc) is 3.11. The van der Waals surface area contributed by atoms with Crippen LogP contribution in [0.2, 0.25) is 0 Å². The molecular weight excluding hydrogens is 733 g/mol. The van der Waals surface area contributed by atoms with Crippen LogP contribution in [0, 0.1) is 0 Å². The second-order valence-electron chi connectivity index (χ2n) is 11.9. The van der Waals surface area contributed by atoms with Crippen LogP contribution in [0.5, 0.6) is 5.75 Å². The quantitative estimate of drug-likeness (QED) is 0.0535. The minimum absolute atomic E-state index is 0.0332. The number of carboxylic acids is 1. The van der Waals surface area contributed by atoms with E-state index >= 15 is 0 Å². The molecular formula is C33H44N8O10S2. The van der Waals surface area contributed by atoms with Gasteiger partial charge >= 0.3 is 5.97 Å². The number of nitrogens with one attached hydrogen (secondary N) is 5. The van der Waals surface area contributed by atoms with Gasteiger partial charge in [0.2, 0.25) is 41.4 Å². The van der Waals surface area contributed by atoms with E-state index in [0.29, 0.717) is 11.1 Å². The lowest BCUT2D eigenvalue weighted by atomic mass is 10.0. The van der Waals surface area contributed by atoms with Crippen molar-refractivity contribution >= 4 is 72.6 Å². The summed E-state index contributed by atoms with van der Waals surface area (Å²) in [4.78, 5) is 102. The first-order chi connectivity index (χ1) is 25.0. The largest absolute Gasteiger partial charge is 0.508 e. The summed E-state index contributed by atoms with van der Waals surface area (Å²) in [5.41, 5.74) is 17.5. The molecule has 0 saturated heterocycles. The highest BCUT2D eigenvalue weighted by molar-refractivity contribution is 7.80. The van der Waals surface area contributed by atoms with Crippen LogP contribution in [0.1, 0.15) is 30.4 Å². The summed E-state index contributed by atoms with van der Waals surface area (Å²) in [6.45, 7) is 0. The Morgan fingerprint density at radius 3 is 1.53 bits per heavy atom. The topological polar surface area (TPSA) is 315 Å². The molecule has 0 heterocycles. The number of carbonyl (C=O) groups excluding carboxylic acids is 7. The van der Waals surface area contributed by atoms with Crippen molar-refractivity contribution in [1.82, 2.24) is 26.6 Å². The maximum Gasteiger partial charge on any atom is 0.327 e. The van der Waals surface area contributed by atoms with E-state index in [-0.39, 0.29) is 36.5 Å². The summed E-state index contributed by atoms with van der Waals surface area (Å²) in [5, 5.41) is 31.0. The first-order valence-electron chi connectivity index (χ1n) is 16.1. The fourth-order valence-electron chi connectivity index (χ4n) is 4.74. The van der Waals surface area contributed by atoms with Gasteiger partial charge in [-0.25, -0.2) is 4.79 Å². The Kier molecular flexibility index (Phi) is 18.1. The van der Waals surface area contributed by atoms with Crippen molar-refractivity contribution in [3.05, 3.63) is 65.7 Å². The normalized spacial score (nSPS) is 14.2. The maximum atomic E-state index is 13.9. The molecule has 2 aromatic rings. The third-order valence-electron chi connectivity index (χ3n) is 7.61. The van der Waals surface area contributed by atoms with E-state index in [9.17, 15) is 48.6 Å².